The van der Waals surface area contributed by atoms with Crippen molar-refractivity contribution in [1.82, 2.24) is 15.1 Å². The van der Waals surface area contributed by atoms with E-state index in [4.69, 9.17) is 4.74 Å². The number of morpholine rings is 1. The lowest BCUT2D eigenvalue weighted by Crippen LogP contribution is -2.53. The first kappa shape index (κ1) is 23.4. The normalized spacial score (nSPS) is 18.8. The molecule has 33 heavy (non-hydrogen) atoms. The lowest BCUT2D eigenvalue weighted by atomic mass is 10.1. The summed E-state index contributed by atoms with van der Waals surface area (Å²) in [6.45, 7) is 5.58. The van der Waals surface area contributed by atoms with Gasteiger partial charge in [0.25, 0.3) is 0 Å². The highest BCUT2D eigenvalue weighted by molar-refractivity contribution is 5.75. The Labute approximate surface area is 191 Å². The van der Waals surface area contributed by atoms with Gasteiger partial charge >= 0.3 is 12.2 Å². The molecule has 1 unspecified atom stereocenters. The number of anilines is 1. The molecule has 2 heterocycles. The molecule has 0 radical (unpaired) electrons. The highest BCUT2D eigenvalue weighted by atomic mass is 19.4. The van der Waals surface area contributed by atoms with Gasteiger partial charge in [-0.25, -0.2) is 4.79 Å². The number of nitrogens with one attached hydrogen (secondary N) is 1. The molecule has 2 aliphatic heterocycles. The van der Waals surface area contributed by atoms with E-state index in [1.54, 1.807) is 11.0 Å². The third kappa shape index (κ3) is 6.17. The number of hydrogen-bond acceptors (Lipinski definition) is 4. The van der Waals surface area contributed by atoms with E-state index in [9.17, 15) is 18.0 Å². The van der Waals surface area contributed by atoms with E-state index in [-0.39, 0.29) is 12.1 Å². The summed E-state index contributed by atoms with van der Waals surface area (Å²) in [5, 5.41) is 3.17. The van der Waals surface area contributed by atoms with Crippen molar-refractivity contribution in [1.29, 1.82) is 0 Å². The average Bonchev–Trinajstić information content (AvgIpc) is 2.84. The molecule has 2 saturated heterocycles. The second-order valence-corrected chi connectivity index (χ2v) is 8.35. The van der Waals surface area contributed by atoms with Crippen LogP contribution in [0.5, 0.6) is 0 Å². The standard InChI is InChI=1S/C24H29F3N4O2/c25-24(26,27)20-7-4-8-21(17-20)30-9-11-31(12-10-30)23(32)28-22(19-5-2-1-3-6-19)18-29-13-15-33-16-14-29/h1-8,17,22H,9-16,18H2,(H,28,32). The minimum absolute atomic E-state index is 0.152. The highest BCUT2D eigenvalue weighted by Gasteiger charge is 2.31. The number of ether oxygens (including phenoxy) is 1. The fourth-order valence-corrected chi connectivity index (χ4v) is 4.25. The van der Waals surface area contributed by atoms with Gasteiger partial charge < -0.3 is 19.9 Å². The van der Waals surface area contributed by atoms with Gasteiger partial charge in [0.15, 0.2) is 0 Å². The van der Waals surface area contributed by atoms with E-state index < -0.39 is 11.7 Å². The van der Waals surface area contributed by atoms with Crippen LogP contribution < -0.4 is 10.2 Å². The van der Waals surface area contributed by atoms with E-state index in [0.29, 0.717) is 51.6 Å². The van der Waals surface area contributed by atoms with Gasteiger partial charge in [-0.05, 0) is 23.8 Å². The van der Waals surface area contributed by atoms with Crippen molar-refractivity contribution in [2.45, 2.75) is 12.2 Å². The van der Waals surface area contributed by atoms with Crippen LogP contribution in [0.15, 0.2) is 54.6 Å². The number of piperazine rings is 1. The van der Waals surface area contributed by atoms with Gasteiger partial charge in [-0.3, -0.25) is 4.90 Å². The first-order valence-electron chi connectivity index (χ1n) is 11.2. The summed E-state index contributed by atoms with van der Waals surface area (Å²) in [5.41, 5.74) is 0.910. The molecule has 4 rings (SSSR count). The molecule has 0 aromatic heterocycles. The molecule has 2 aromatic carbocycles. The molecular weight excluding hydrogens is 433 g/mol. The molecule has 0 bridgehead atoms. The highest BCUT2D eigenvalue weighted by Crippen LogP contribution is 2.32. The Hall–Kier alpha value is -2.78. The quantitative estimate of drug-likeness (QED) is 0.738. The van der Waals surface area contributed by atoms with Gasteiger partial charge in [-0.15, -0.1) is 0 Å². The molecule has 0 spiro atoms. The number of halogens is 3. The molecule has 0 aliphatic carbocycles. The number of rotatable bonds is 5. The van der Waals surface area contributed by atoms with Crippen molar-refractivity contribution < 1.29 is 22.7 Å². The van der Waals surface area contributed by atoms with Crippen molar-refractivity contribution in [2.24, 2.45) is 0 Å². The Bertz CT molecular complexity index is 911. The van der Waals surface area contributed by atoms with Crippen molar-refractivity contribution >= 4 is 11.7 Å². The number of alkyl halides is 3. The maximum Gasteiger partial charge on any atom is 0.416 e. The van der Waals surface area contributed by atoms with Crippen LogP contribution in [0.3, 0.4) is 0 Å². The van der Waals surface area contributed by atoms with Crippen molar-refractivity contribution in [3.05, 3.63) is 65.7 Å². The maximum absolute atomic E-state index is 13.1. The molecule has 0 saturated carbocycles. The van der Waals surface area contributed by atoms with Crippen molar-refractivity contribution in [2.75, 3.05) is 63.9 Å². The number of amides is 2. The van der Waals surface area contributed by atoms with Crippen LogP contribution in [0, 0.1) is 0 Å². The summed E-state index contributed by atoms with van der Waals surface area (Å²) in [4.78, 5) is 19.0. The Morgan fingerprint density at radius 2 is 1.64 bits per heavy atom. The largest absolute Gasteiger partial charge is 0.416 e. The summed E-state index contributed by atoms with van der Waals surface area (Å²) in [7, 11) is 0. The van der Waals surface area contributed by atoms with E-state index in [0.717, 1.165) is 24.7 Å². The Kier molecular flexibility index (Phi) is 7.39. The smallest absolute Gasteiger partial charge is 0.379 e. The van der Waals surface area contributed by atoms with Crippen LogP contribution in [-0.2, 0) is 10.9 Å². The second-order valence-electron chi connectivity index (χ2n) is 8.35. The topological polar surface area (TPSA) is 48.1 Å². The predicted octanol–water partition coefficient (Wildman–Crippen LogP) is 3.61. The molecule has 1 N–H and O–H groups in total. The average molecular weight is 463 g/mol. The van der Waals surface area contributed by atoms with Gasteiger partial charge in [0, 0.05) is 51.5 Å². The summed E-state index contributed by atoms with van der Waals surface area (Å²) in [6.07, 6.45) is -4.37. The van der Waals surface area contributed by atoms with Gasteiger partial charge in [-0.2, -0.15) is 13.2 Å². The maximum atomic E-state index is 13.1. The zero-order valence-corrected chi connectivity index (χ0v) is 18.4. The number of benzene rings is 2. The van der Waals surface area contributed by atoms with Crippen LogP contribution >= 0.6 is 0 Å². The number of urea groups is 1. The second kappa shape index (κ2) is 10.4. The number of nitrogens with zero attached hydrogens (tertiary/aromatic N) is 3. The molecule has 1 atom stereocenters. The molecule has 2 aromatic rings. The summed E-state index contributed by atoms with van der Waals surface area (Å²) in [5.74, 6) is 0. The van der Waals surface area contributed by atoms with Crippen LogP contribution in [0.2, 0.25) is 0 Å². The molecule has 2 amide bonds. The van der Waals surface area contributed by atoms with E-state index in [2.05, 4.69) is 10.2 Å². The summed E-state index contributed by atoms with van der Waals surface area (Å²) in [6, 6.07) is 14.9. The van der Waals surface area contributed by atoms with Gasteiger partial charge in [-0.1, -0.05) is 36.4 Å². The van der Waals surface area contributed by atoms with E-state index in [1.807, 2.05) is 35.2 Å². The molecule has 6 nitrogen and oxygen atoms in total. The van der Waals surface area contributed by atoms with Crippen LogP contribution in [0.25, 0.3) is 0 Å². The predicted molar refractivity (Wildman–Crippen MR) is 120 cm³/mol. The third-order valence-corrected chi connectivity index (χ3v) is 6.15. The van der Waals surface area contributed by atoms with Crippen LogP contribution in [0.4, 0.5) is 23.7 Å². The molecular formula is C24H29F3N4O2. The minimum Gasteiger partial charge on any atom is -0.379 e. The van der Waals surface area contributed by atoms with Crippen molar-refractivity contribution in [3.8, 4) is 0 Å². The SMILES string of the molecule is O=C(NC(CN1CCOCC1)c1ccccc1)N1CCN(c2cccc(C(F)(F)F)c2)CC1. The van der Waals surface area contributed by atoms with E-state index >= 15 is 0 Å². The lowest BCUT2D eigenvalue weighted by molar-refractivity contribution is -0.137. The monoisotopic (exact) mass is 462 g/mol. The number of carbonyl (C=O) groups excluding carboxylic acids is 1. The zero-order chi connectivity index (χ0) is 23.3. The third-order valence-electron chi connectivity index (χ3n) is 6.15. The molecule has 178 valence electrons. The summed E-state index contributed by atoms with van der Waals surface area (Å²) < 4.78 is 44.6. The zero-order valence-electron chi connectivity index (χ0n) is 18.4. The molecule has 9 heteroatoms. The van der Waals surface area contributed by atoms with Gasteiger partial charge in [0.1, 0.15) is 0 Å². The van der Waals surface area contributed by atoms with Gasteiger partial charge in [0.2, 0.25) is 0 Å². The Morgan fingerprint density at radius 3 is 2.30 bits per heavy atom. The minimum atomic E-state index is -4.37. The first-order chi connectivity index (χ1) is 15.9. The molecule has 2 fully saturated rings. The Morgan fingerprint density at radius 1 is 0.939 bits per heavy atom. The number of hydrogen-bond donors (Lipinski definition) is 1. The van der Waals surface area contributed by atoms with Crippen LogP contribution in [0.1, 0.15) is 17.2 Å². The number of carbonyl (C=O) groups is 1. The molecule has 2 aliphatic rings. The fraction of sp³-hybridized carbons (Fsp3) is 0.458. The van der Waals surface area contributed by atoms with Gasteiger partial charge in [0.05, 0.1) is 24.8 Å². The lowest BCUT2D eigenvalue weighted by Gasteiger charge is -2.37. The summed E-state index contributed by atoms with van der Waals surface area (Å²) >= 11 is 0. The Balaban J connectivity index is 1.37. The first-order valence-corrected chi connectivity index (χ1v) is 11.2. The van der Waals surface area contributed by atoms with Crippen LogP contribution in [-0.4, -0.2) is 74.9 Å². The van der Waals surface area contributed by atoms with E-state index in [1.165, 1.54) is 12.1 Å². The fourth-order valence-electron chi connectivity index (χ4n) is 4.25. The van der Waals surface area contributed by atoms with Crippen molar-refractivity contribution in [3.63, 3.8) is 0 Å².